The maximum Gasteiger partial charge on any atom is 0.336 e. The van der Waals surface area contributed by atoms with Gasteiger partial charge in [-0.1, -0.05) is 0 Å². The highest BCUT2D eigenvalue weighted by molar-refractivity contribution is 6.09. The van der Waals surface area contributed by atoms with Crippen LogP contribution in [0.15, 0.2) is 18.2 Å². The molecule has 20 heavy (non-hydrogen) atoms. The summed E-state index contributed by atoms with van der Waals surface area (Å²) >= 11 is 0. The zero-order valence-corrected chi connectivity index (χ0v) is 10.4. The van der Waals surface area contributed by atoms with Crippen LogP contribution < -0.4 is 0 Å². The third-order valence-corrected chi connectivity index (χ3v) is 2.49. The van der Waals surface area contributed by atoms with E-state index in [2.05, 4.69) is 0 Å². The van der Waals surface area contributed by atoms with Crippen molar-refractivity contribution in [1.82, 2.24) is 0 Å². The lowest BCUT2D eigenvalue weighted by Crippen LogP contribution is -2.32. The third-order valence-electron chi connectivity index (χ3n) is 2.49. The quantitative estimate of drug-likeness (QED) is 0.513. The molecular formula is C12H14O8. The van der Waals surface area contributed by atoms with Gasteiger partial charge in [0.05, 0.1) is 17.2 Å². The van der Waals surface area contributed by atoms with Crippen LogP contribution in [0.2, 0.25) is 0 Å². The summed E-state index contributed by atoms with van der Waals surface area (Å²) < 4.78 is 0. The Labute approximate surface area is 113 Å². The summed E-state index contributed by atoms with van der Waals surface area (Å²) in [7, 11) is 0. The lowest BCUT2D eigenvalue weighted by Gasteiger charge is -2.14. The Balaban J connectivity index is 0.00000361. The Kier molecular flexibility index (Phi) is 5.98. The van der Waals surface area contributed by atoms with Crippen molar-refractivity contribution in [3.63, 3.8) is 0 Å². The molecule has 0 spiro atoms. The third kappa shape index (κ3) is 3.60. The highest BCUT2D eigenvalue weighted by Gasteiger charge is 2.27. The van der Waals surface area contributed by atoms with Crippen LogP contribution in [-0.2, 0) is 0 Å². The number of carboxylic acids is 2. The van der Waals surface area contributed by atoms with Crippen LogP contribution in [0, 0.1) is 0 Å². The van der Waals surface area contributed by atoms with Crippen molar-refractivity contribution < 1.29 is 40.3 Å². The lowest BCUT2D eigenvalue weighted by atomic mass is 9.96. The average molecular weight is 286 g/mol. The van der Waals surface area contributed by atoms with Crippen molar-refractivity contribution in [2.75, 3.05) is 0 Å². The van der Waals surface area contributed by atoms with Gasteiger partial charge in [-0.25, -0.2) is 9.59 Å². The summed E-state index contributed by atoms with van der Waals surface area (Å²) in [5.74, 6) is -3.81. The molecule has 1 aromatic carbocycles. The molecule has 8 heteroatoms. The van der Waals surface area contributed by atoms with Gasteiger partial charge in [0.2, 0.25) is 0 Å². The van der Waals surface area contributed by atoms with E-state index < -0.39 is 41.1 Å². The first kappa shape index (κ1) is 17.7. The molecule has 0 aliphatic carbocycles. The molecule has 0 aliphatic heterocycles. The van der Waals surface area contributed by atoms with E-state index in [0.29, 0.717) is 0 Å². The zero-order valence-electron chi connectivity index (χ0n) is 10.4. The summed E-state index contributed by atoms with van der Waals surface area (Å²) in [6.07, 6.45) is -3.22. The second-order valence-corrected chi connectivity index (χ2v) is 3.92. The molecule has 0 saturated carbocycles. The number of aliphatic hydroxyl groups excluding tert-OH is 2. The maximum atomic E-state index is 11.8. The largest absolute Gasteiger partial charge is 0.478 e. The van der Waals surface area contributed by atoms with Crippen molar-refractivity contribution in [1.29, 1.82) is 0 Å². The molecule has 2 atom stereocenters. The van der Waals surface area contributed by atoms with Crippen LogP contribution in [0.1, 0.15) is 38.0 Å². The normalized spacial score (nSPS) is 12.9. The van der Waals surface area contributed by atoms with Crippen molar-refractivity contribution >= 4 is 17.7 Å². The number of rotatable bonds is 5. The molecule has 0 radical (unpaired) electrons. The van der Waals surface area contributed by atoms with Gasteiger partial charge < -0.3 is 25.9 Å². The van der Waals surface area contributed by atoms with Crippen LogP contribution in [0.4, 0.5) is 0 Å². The van der Waals surface area contributed by atoms with Gasteiger partial charge in [-0.15, -0.1) is 0 Å². The molecule has 0 aliphatic rings. The number of carbonyl (C=O) groups excluding carboxylic acids is 1. The highest BCUT2D eigenvalue weighted by atomic mass is 16.4. The second kappa shape index (κ2) is 6.75. The first-order valence-corrected chi connectivity index (χ1v) is 5.26. The molecule has 0 amide bonds. The molecule has 2 unspecified atom stereocenters. The number of ketones is 1. The van der Waals surface area contributed by atoms with E-state index in [4.69, 9.17) is 15.3 Å². The van der Waals surface area contributed by atoms with Gasteiger partial charge in [0.25, 0.3) is 0 Å². The van der Waals surface area contributed by atoms with Gasteiger partial charge in [0, 0.05) is 5.56 Å². The average Bonchev–Trinajstić information content (AvgIpc) is 2.35. The molecule has 0 bridgehead atoms. The number of aliphatic hydroxyl groups is 2. The van der Waals surface area contributed by atoms with E-state index in [-0.39, 0.29) is 11.0 Å². The highest BCUT2D eigenvalue weighted by Crippen LogP contribution is 2.16. The monoisotopic (exact) mass is 286 g/mol. The Morgan fingerprint density at radius 2 is 1.55 bits per heavy atom. The minimum atomic E-state index is -1.82. The number of hydrogen-bond donors (Lipinski definition) is 4. The van der Waals surface area contributed by atoms with Gasteiger partial charge in [0.1, 0.15) is 6.10 Å². The van der Waals surface area contributed by atoms with Crippen LogP contribution in [0.25, 0.3) is 0 Å². The van der Waals surface area contributed by atoms with Crippen LogP contribution in [-0.4, -0.2) is 55.8 Å². The summed E-state index contributed by atoms with van der Waals surface area (Å²) in [5, 5.41) is 36.3. The Bertz CT molecular complexity index is 534. The lowest BCUT2D eigenvalue weighted by molar-refractivity contribution is 0.0287. The number of aromatic carboxylic acids is 2. The molecule has 1 aromatic rings. The van der Waals surface area contributed by atoms with Crippen LogP contribution >= 0.6 is 0 Å². The molecule has 1 rings (SSSR count). The standard InChI is InChI=1S/C12H12O7.H2O/c1-5(13)9(14)10(15)8-4-6(11(16)17)2-3-7(8)12(18)19;/h2-5,9,13-14H,1H3,(H,16,17)(H,18,19);1H2. The first-order chi connectivity index (χ1) is 8.75. The predicted molar refractivity (Wildman–Crippen MR) is 66.0 cm³/mol. The van der Waals surface area contributed by atoms with Crippen LogP contribution in [0.5, 0.6) is 0 Å². The van der Waals surface area contributed by atoms with Gasteiger partial charge in [0.15, 0.2) is 5.78 Å². The van der Waals surface area contributed by atoms with Crippen LogP contribution in [0.3, 0.4) is 0 Å². The Hall–Kier alpha value is -2.29. The minimum absolute atomic E-state index is 0. The predicted octanol–water partition coefficient (Wildman–Crippen LogP) is -0.817. The molecule has 0 saturated heterocycles. The number of carboxylic acid groups (broad SMARTS) is 2. The number of benzene rings is 1. The van der Waals surface area contributed by atoms with E-state index in [1.165, 1.54) is 0 Å². The van der Waals surface area contributed by atoms with Gasteiger partial charge in [-0.3, -0.25) is 4.79 Å². The number of Topliss-reactive ketones (excluding diaryl/α,β-unsaturated/α-hetero) is 1. The SMILES string of the molecule is CC(O)C(O)C(=O)c1cc(C(=O)O)ccc1C(=O)O.O. The van der Waals surface area contributed by atoms with E-state index in [1.807, 2.05) is 0 Å². The fourth-order valence-corrected chi connectivity index (χ4v) is 1.45. The summed E-state index contributed by atoms with van der Waals surface area (Å²) in [4.78, 5) is 33.6. The first-order valence-electron chi connectivity index (χ1n) is 5.26. The number of hydrogen-bond acceptors (Lipinski definition) is 5. The molecule has 0 fully saturated rings. The topological polar surface area (TPSA) is 164 Å². The summed E-state index contributed by atoms with van der Waals surface area (Å²) in [6.45, 7) is 1.16. The fraction of sp³-hybridized carbons (Fsp3) is 0.250. The Morgan fingerprint density at radius 1 is 1.00 bits per heavy atom. The van der Waals surface area contributed by atoms with E-state index >= 15 is 0 Å². The molecule has 6 N–H and O–H groups in total. The van der Waals surface area contributed by atoms with Crippen molar-refractivity contribution in [2.45, 2.75) is 19.1 Å². The molecular weight excluding hydrogens is 272 g/mol. The molecule has 0 aromatic heterocycles. The van der Waals surface area contributed by atoms with E-state index in [0.717, 1.165) is 25.1 Å². The van der Waals surface area contributed by atoms with Gasteiger partial charge in [-0.05, 0) is 25.1 Å². The van der Waals surface area contributed by atoms with Crippen molar-refractivity contribution in [3.8, 4) is 0 Å². The smallest absolute Gasteiger partial charge is 0.336 e. The Morgan fingerprint density at radius 3 is 1.95 bits per heavy atom. The molecule has 0 heterocycles. The van der Waals surface area contributed by atoms with E-state index in [9.17, 15) is 19.5 Å². The van der Waals surface area contributed by atoms with E-state index in [1.54, 1.807) is 0 Å². The fourth-order valence-electron chi connectivity index (χ4n) is 1.45. The molecule has 8 nitrogen and oxygen atoms in total. The zero-order chi connectivity index (χ0) is 14.7. The van der Waals surface area contributed by atoms with Gasteiger partial charge in [-0.2, -0.15) is 0 Å². The maximum absolute atomic E-state index is 11.8. The summed E-state index contributed by atoms with van der Waals surface area (Å²) in [5.41, 5.74) is -1.18. The minimum Gasteiger partial charge on any atom is -0.478 e. The van der Waals surface area contributed by atoms with Gasteiger partial charge >= 0.3 is 11.9 Å². The van der Waals surface area contributed by atoms with Crippen molar-refractivity contribution in [2.24, 2.45) is 0 Å². The summed E-state index contributed by atoms with van der Waals surface area (Å²) in [6, 6.07) is 2.87. The van der Waals surface area contributed by atoms with Crippen molar-refractivity contribution in [3.05, 3.63) is 34.9 Å². The second-order valence-electron chi connectivity index (χ2n) is 3.92. The number of carbonyl (C=O) groups is 3. The molecule has 110 valence electrons.